The van der Waals surface area contributed by atoms with Crippen molar-refractivity contribution in [3.63, 3.8) is 0 Å². The van der Waals surface area contributed by atoms with Crippen LogP contribution in [0.25, 0.3) is 0 Å². The maximum atomic E-state index is 6.59. The molecule has 3 aliphatic rings. The summed E-state index contributed by atoms with van der Waals surface area (Å²) in [7, 11) is 0. The minimum absolute atomic E-state index is 0.523. The normalized spacial score (nSPS) is 36.4. The Balaban J connectivity index is 1.69. The van der Waals surface area contributed by atoms with Gasteiger partial charge >= 0.3 is 0 Å². The van der Waals surface area contributed by atoms with Gasteiger partial charge in [0.25, 0.3) is 0 Å². The summed E-state index contributed by atoms with van der Waals surface area (Å²) in [5.74, 6) is 0. The van der Waals surface area contributed by atoms with Crippen molar-refractivity contribution in [3.05, 3.63) is 0 Å². The molecule has 2 saturated carbocycles. The largest absolute Gasteiger partial charge is 0.327 e. The highest BCUT2D eigenvalue weighted by molar-refractivity contribution is 5.14. The molecule has 1 aliphatic heterocycles. The Kier molecular flexibility index (Phi) is 2.38. The number of piperidine rings is 1. The molecule has 92 valence electrons. The van der Waals surface area contributed by atoms with E-state index < -0.39 is 0 Å². The fourth-order valence-electron chi connectivity index (χ4n) is 4.23. The first-order chi connectivity index (χ1) is 7.58. The van der Waals surface area contributed by atoms with Gasteiger partial charge in [0.1, 0.15) is 0 Å². The molecule has 0 bridgehead atoms. The molecular formula is C14H26N2. The van der Waals surface area contributed by atoms with E-state index in [1.807, 2.05) is 0 Å². The highest BCUT2D eigenvalue weighted by Gasteiger charge is 2.60. The van der Waals surface area contributed by atoms with Crippen LogP contribution in [-0.4, -0.2) is 30.1 Å². The number of hydrogen-bond donors (Lipinski definition) is 1. The molecule has 2 nitrogen and oxygen atoms in total. The molecule has 0 unspecified atom stereocenters. The first-order valence-electron chi connectivity index (χ1n) is 7.08. The van der Waals surface area contributed by atoms with Gasteiger partial charge in [-0.3, -0.25) is 0 Å². The van der Waals surface area contributed by atoms with Crippen molar-refractivity contribution in [2.24, 2.45) is 16.6 Å². The highest BCUT2D eigenvalue weighted by atomic mass is 15.2. The second-order valence-electron chi connectivity index (χ2n) is 6.83. The van der Waals surface area contributed by atoms with Crippen LogP contribution in [0.15, 0.2) is 0 Å². The van der Waals surface area contributed by atoms with Crippen LogP contribution in [0.4, 0.5) is 0 Å². The molecule has 2 heteroatoms. The van der Waals surface area contributed by atoms with Crippen LogP contribution in [0, 0.1) is 10.8 Å². The van der Waals surface area contributed by atoms with E-state index in [4.69, 9.17) is 5.73 Å². The maximum Gasteiger partial charge on any atom is 0.0153 e. The monoisotopic (exact) mass is 222 g/mol. The second kappa shape index (κ2) is 3.46. The van der Waals surface area contributed by atoms with E-state index in [0.717, 1.165) is 0 Å². The Morgan fingerprint density at radius 2 is 1.38 bits per heavy atom. The summed E-state index contributed by atoms with van der Waals surface area (Å²) in [5, 5.41) is 0. The fraction of sp³-hybridized carbons (Fsp3) is 1.00. The minimum Gasteiger partial charge on any atom is -0.327 e. The van der Waals surface area contributed by atoms with Gasteiger partial charge in [0.05, 0.1) is 0 Å². The van der Waals surface area contributed by atoms with E-state index in [1.54, 1.807) is 0 Å². The van der Waals surface area contributed by atoms with Gasteiger partial charge in [-0.15, -0.1) is 0 Å². The lowest BCUT2D eigenvalue weighted by Gasteiger charge is -2.44. The Morgan fingerprint density at radius 1 is 0.938 bits per heavy atom. The van der Waals surface area contributed by atoms with Gasteiger partial charge in [-0.25, -0.2) is 0 Å². The van der Waals surface area contributed by atoms with E-state index in [9.17, 15) is 0 Å². The van der Waals surface area contributed by atoms with Crippen LogP contribution in [-0.2, 0) is 0 Å². The third-order valence-corrected chi connectivity index (χ3v) is 5.86. The number of hydrogen-bond acceptors (Lipinski definition) is 2. The third-order valence-electron chi connectivity index (χ3n) is 5.86. The second-order valence-corrected chi connectivity index (χ2v) is 6.83. The lowest BCUT2D eigenvalue weighted by atomic mass is 9.72. The zero-order valence-corrected chi connectivity index (χ0v) is 10.8. The molecule has 0 radical (unpaired) electrons. The Morgan fingerprint density at radius 3 is 1.81 bits per heavy atom. The van der Waals surface area contributed by atoms with Crippen LogP contribution in [0.5, 0.6) is 0 Å². The van der Waals surface area contributed by atoms with Crippen molar-refractivity contribution in [1.82, 2.24) is 4.90 Å². The number of likely N-dealkylation sites (tertiary alicyclic amines) is 1. The standard InChI is InChI=1S/C14H26N2/c1-11(2)16-9-7-14(8-10-16)6-5-13(3-4-13)12(14)15/h11-12H,3-10,15H2,1-2H3/t12-/m1/s1. The SMILES string of the molecule is CC(C)N1CCC2(CC1)CCC1(CC1)[C@H]2N. The summed E-state index contributed by atoms with van der Waals surface area (Å²) in [6.07, 6.45) is 8.39. The van der Waals surface area contributed by atoms with Crippen molar-refractivity contribution < 1.29 is 0 Å². The van der Waals surface area contributed by atoms with E-state index in [2.05, 4.69) is 18.7 Å². The molecule has 0 aromatic heterocycles. The summed E-state index contributed by atoms with van der Waals surface area (Å²) in [6.45, 7) is 7.19. The lowest BCUT2D eigenvalue weighted by Crippen LogP contribution is -2.50. The predicted octanol–water partition coefficient (Wildman–Crippen LogP) is 2.38. The van der Waals surface area contributed by atoms with E-state index >= 15 is 0 Å². The van der Waals surface area contributed by atoms with Crippen LogP contribution < -0.4 is 5.73 Å². The predicted molar refractivity (Wildman–Crippen MR) is 67.3 cm³/mol. The zero-order chi connectivity index (χ0) is 11.4. The third kappa shape index (κ3) is 1.46. The molecule has 16 heavy (non-hydrogen) atoms. The van der Waals surface area contributed by atoms with Crippen molar-refractivity contribution in [2.75, 3.05) is 13.1 Å². The molecular weight excluding hydrogens is 196 g/mol. The molecule has 3 fully saturated rings. The average molecular weight is 222 g/mol. The van der Waals surface area contributed by atoms with E-state index in [-0.39, 0.29) is 0 Å². The topological polar surface area (TPSA) is 29.3 Å². The zero-order valence-electron chi connectivity index (χ0n) is 10.8. The average Bonchev–Trinajstić information content (AvgIpc) is 3.02. The highest BCUT2D eigenvalue weighted by Crippen LogP contribution is 2.65. The molecule has 0 aromatic rings. The molecule has 0 aromatic carbocycles. The molecule has 1 heterocycles. The molecule has 1 atom stereocenters. The van der Waals surface area contributed by atoms with Crippen LogP contribution in [0.2, 0.25) is 0 Å². The van der Waals surface area contributed by atoms with E-state index in [1.165, 1.54) is 51.6 Å². The van der Waals surface area contributed by atoms with E-state index in [0.29, 0.717) is 22.9 Å². The van der Waals surface area contributed by atoms with Crippen LogP contribution in [0.3, 0.4) is 0 Å². The summed E-state index contributed by atoms with van der Waals surface area (Å²) in [6, 6.07) is 1.24. The maximum absolute atomic E-state index is 6.59. The summed E-state index contributed by atoms with van der Waals surface area (Å²) < 4.78 is 0. The van der Waals surface area contributed by atoms with Gasteiger partial charge < -0.3 is 10.6 Å². The first-order valence-corrected chi connectivity index (χ1v) is 7.08. The number of rotatable bonds is 1. The van der Waals surface area contributed by atoms with Gasteiger partial charge in [-0.1, -0.05) is 0 Å². The molecule has 2 spiro atoms. The lowest BCUT2D eigenvalue weighted by molar-refractivity contribution is 0.0693. The van der Waals surface area contributed by atoms with Gasteiger partial charge in [0.2, 0.25) is 0 Å². The van der Waals surface area contributed by atoms with Gasteiger partial charge in [-0.05, 0) is 76.3 Å². The number of nitrogens with zero attached hydrogens (tertiary/aromatic N) is 1. The Bertz CT molecular complexity index is 272. The quantitative estimate of drug-likeness (QED) is 0.738. The van der Waals surface area contributed by atoms with Crippen molar-refractivity contribution in [3.8, 4) is 0 Å². The number of nitrogens with two attached hydrogens (primary N) is 1. The van der Waals surface area contributed by atoms with Crippen LogP contribution >= 0.6 is 0 Å². The molecule has 0 amide bonds. The molecule has 3 rings (SSSR count). The first kappa shape index (κ1) is 11.0. The molecule has 2 N–H and O–H groups in total. The summed E-state index contributed by atoms with van der Waals surface area (Å²) in [5.41, 5.74) is 7.73. The summed E-state index contributed by atoms with van der Waals surface area (Å²) in [4.78, 5) is 2.62. The van der Waals surface area contributed by atoms with Gasteiger partial charge in [0, 0.05) is 12.1 Å². The molecule has 1 saturated heterocycles. The Hall–Kier alpha value is -0.0800. The van der Waals surface area contributed by atoms with Crippen molar-refractivity contribution in [1.29, 1.82) is 0 Å². The van der Waals surface area contributed by atoms with Crippen molar-refractivity contribution >= 4 is 0 Å². The van der Waals surface area contributed by atoms with Crippen LogP contribution in [0.1, 0.15) is 52.4 Å². The Labute approximate surface area is 99.6 Å². The fourth-order valence-corrected chi connectivity index (χ4v) is 4.23. The van der Waals surface area contributed by atoms with Crippen molar-refractivity contribution in [2.45, 2.75) is 64.5 Å². The smallest absolute Gasteiger partial charge is 0.0153 e. The minimum atomic E-state index is 0.523. The van der Waals surface area contributed by atoms with Gasteiger partial charge in [-0.2, -0.15) is 0 Å². The van der Waals surface area contributed by atoms with Gasteiger partial charge in [0.15, 0.2) is 0 Å². The summed E-state index contributed by atoms with van der Waals surface area (Å²) >= 11 is 0. The molecule has 2 aliphatic carbocycles.